The molecule has 6 nitrogen and oxygen atoms in total. The number of carbonyl (C=O) groups is 1. The van der Waals surface area contributed by atoms with Crippen molar-refractivity contribution in [2.75, 3.05) is 13.1 Å². The number of rotatable bonds is 2. The molecule has 0 radical (unpaired) electrons. The highest BCUT2D eigenvalue weighted by Crippen LogP contribution is 2.13. The SMILES string of the molecule is O=C(c1ccc(-n2cnnc2)nc1)N1CCCCC1. The number of hydrogen-bond acceptors (Lipinski definition) is 4. The predicted octanol–water partition coefficient (Wildman–Crippen LogP) is 1.29. The minimum atomic E-state index is 0.0718. The van der Waals surface area contributed by atoms with Crippen LogP contribution in [0.25, 0.3) is 5.82 Å². The molecule has 1 amide bonds. The number of aromatic nitrogens is 4. The van der Waals surface area contributed by atoms with Gasteiger partial charge in [0.2, 0.25) is 0 Å². The normalized spacial score (nSPS) is 15.5. The van der Waals surface area contributed by atoms with Gasteiger partial charge in [0.15, 0.2) is 0 Å². The van der Waals surface area contributed by atoms with E-state index >= 15 is 0 Å². The van der Waals surface area contributed by atoms with Crippen molar-refractivity contribution in [3.63, 3.8) is 0 Å². The van der Waals surface area contributed by atoms with Gasteiger partial charge in [0.05, 0.1) is 5.56 Å². The van der Waals surface area contributed by atoms with E-state index in [0.29, 0.717) is 11.4 Å². The maximum atomic E-state index is 12.3. The summed E-state index contributed by atoms with van der Waals surface area (Å²) in [4.78, 5) is 18.4. The summed E-state index contributed by atoms with van der Waals surface area (Å²) in [5, 5.41) is 7.45. The molecule has 2 aromatic rings. The second-order valence-corrected chi connectivity index (χ2v) is 4.63. The molecule has 1 aliphatic heterocycles. The summed E-state index contributed by atoms with van der Waals surface area (Å²) < 4.78 is 1.70. The van der Waals surface area contributed by atoms with Crippen LogP contribution in [0.3, 0.4) is 0 Å². The lowest BCUT2D eigenvalue weighted by molar-refractivity contribution is 0.0724. The number of hydrogen-bond donors (Lipinski definition) is 0. The fourth-order valence-corrected chi connectivity index (χ4v) is 2.26. The average molecular weight is 257 g/mol. The fourth-order valence-electron chi connectivity index (χ4n) is 2.26. The van der Waals surface area contributed by atoms with Gasteiger partial charge in [-0.25, -0.2) is 4.98 Å². The van der Waals surface area contributed by atoms with Crippen LogP contribution < -0.4 is 0 Å². The van der Waals surface area contributed by atoms with Gasteiger partial charge < -0.3 is 4.90 Å². The van der Waals surface area contributed by atoms with Crippen LogP contribution >= 0.6 is 0 Å². The molecule has 19 heavy (non-hydrogen) atoms. The zero-order chi connectivity index (χ0) is 13.1. The molecule has 0 bridgehead atoms. The van der Waals surface area contributed by atoms with Crippen LogP contribution in [-0.2, 0) is 0 Å². The molecule has 1 aliphatic rings. The highest BCUT2D eigenvalue weighted by atomic mass is 16.2. The molecule has 3 heterocycles. The first-order valence-electron chi connectivity index (χ1n) is 6.45. The van der Waals surface area contributed by atoms with E-state index in [-0.39, 0.29) is 5.91 Å². The van der Waals surface area contributed by atoms with Crippen LogP contribution in [0, 0.1) is 0 Å². The molecular weight excluding hydrogens is 242 g/mol. The minimum absolute atomic E-state index is 0.0718. The average Bonchev–Trinajstić information content (AvgIpc) is 3.02. The first-order valence-corrected chi connectivity index (χ1v) is 6.45. The number of carbonyl (C=O) groups excluding carboxylic acids is 1. The van der Waals surface area contributed by atoms with Crippen molar-refractivity contribution in [2.45, 2.75) is 19.3 Å². The summed E-state index contributed by atoms with van der Waals surface area (Å²) >= 11 is 0. The monoisotopic (exact) mass is 257 g/mol. The van der Waals surface area contributed by atoms with Crippen LogP contribution in [0.4, 0.5) is 0 Å². The predicted molar refractivity (Wildman–Crippen MR) is 68.9 cm³/mol. The van der Waals surface area contributed by atoms with Gasteiger partial charge in [-0.15, -0.1) is 10.2 Å². The van der Waals surface area contributed by atoms with E-state index in [4.69, 9.17) is 0 Å². The third-order valence-corrected chi connectivity index (χ3v) is 3.32. The van der Waals surface area contributed by atoms with E-state index in [2.05, 4.69) is 15.2 Å². The largest absolute Gasteiger partial charge is 0.339 e. The number of piperidine rings is 1. The Morgan fingerprint density at radius 1 is 1.05 bits per heavy atom. The molecule has 0 aliphatic carbocycles. The van der Waals surface area contributed by atoms with Crippen LogP contribution in [0.15, 0.2) is 31.0 Å². The van der Waals surface area contributed by atoms with E-state index in [1.54, 1.807) is 35.6 Å². The Hall–Kier alpha value is -2.24. The Labute approximate surface area is 111 Å². The standard InChI is InChI=1S/C13H15N5O/c19-13(17-6-2-1-3-7-17)11-4-5-12(14-8-11)18-9-15-16-10-18/h4-5,8-10H,1-3,6-7H2. The number of amides is 1. The lowest BCUT2D eigenvalue weighted by atomic mass is 10.1. The van der Waals surface area contributed by atoms with E-state index in [1.165, 1.54) is 6.42 Å². The molecule has 0 N–H and O–H groups in total. The zero-order valence-corrected chi connectivity index (χ0v) is 10.6. The molecule has 2 aromatic heterocycles. The quantitative estimate of drug-likeness (QED) is 0.813. The molecule has 6 heteroatoms. The van der Waals surface area contributed by atoms with Crippen molar-refractivity contribution in [3.8, 4) is 5.82 Å². The zero-order valence-electron chi connectivity index (χ0n) is 10.6. The first-order chi connectivity index (χ1) is 9.34. The summed E-state index contributed by atoms with van der Waals surface area (Å²) in [6.07, 6.45) is 8.18. The lowest BCUT2D eigenvalue weighted by Crippen LogP contribution is -2.35. The van der Waals surface area contributed by atoms with Crippen molar-refractivity contribution in [2.24, 2.45) is 0 Å². The van der Waals surface area contributed by atoms with Crippen LogP contribution in [-0.4, -0.2) is 43.6 Å². The Morgan fingerprint density at radius 3 is 2.42 bits per heavy atom. The molecule has 1 saturated heterocycles. The molecule has 0 aromatic carbocycles. The summed E-state index contributed by atoms with van der Waals surface area (Å²) in [5.74, 6) is 0.780. The molecule has 0 unspecified atom stereocenters. The Kier molecular flexibility index (Phi) is 3.22. The van der Waals surface area contributed by atoms with Crippen LogP contribution in [0.5, 0.6) is 0 Å². The van der Waals surface area contributed by atoms with Gasteiger partial charge in [-0.05, 0) is 31.4 Å². The summed E-state index contributed by atoms with van der Waals surface area (Å²) in [5.41, 5.74) is 0.638. The smallest absolute Gasteiger partial charge is 0.255 e. The van der Waals surface area contributed by atoms with Crippen LogP contribution in [0.2, 0.25) is 0 Å². The number of likely N-dealkylation sites (tertiary alicyclic amines) is 1. The van der Waals surface area contributed by atoms with Crippen molar-refractivity contribution in [1.82, 2.24) is 24.6 Å². The Balaban J connectivity index is 1.76. The third kappa shape index (κ3) is 2.47. The number of pyridine rings is 1. The Morgan fingerprint density at radius 2 is 1.79 bits per heavy atom. The maximum absolute atomic E-state index is 12.3. The van der Waals surface area contributed by atoms with Crippen molar-refractivity contribution in [1.29, 1.82) is 0 Å². The van der Waals surface area contributed by atoms with Crippen molar-refractivity contribution in [3.05, 3.63) is 36.5 Å². The number of nitrogens with zero attached hydrogens (tertiary/aromatic N) is 5. The summed E-state index contributed by atoms with van der Waals surface area (Å²) in [6.45, 7) is 1.71. The van der Waals surface area contributed by atoms with Gasteiger partial charge in [-0.1, -0.05) is 0 Å². The lowest BCUT2D eigenvalue weighted by Gasteiger charge is -2.26. The molecule has 0 atom stereocenters. The maximum Gasteiger partial charge on any atom is 0.255 e. The van der Waals surface area contributed by atoms with Gasteiger partial charge in [0, 0.05) is 19.3 Å². The summed E-state index contributed by atoms with van der Waals surface area (Å²) in [7, 11) is 0. The van der Waals surface area contributed by atoms with Gasteiger partial charge in [-0.3, -0.25) is 9.36 Å². The van der Waals surface area contributed by atoms with Crippen molar-refractivity contribution < 1.29 is 4.79 Å². The van der Waals surface area contributed by atoms with Crippen molar-refractivity contribution >= 4 is 5.91 Å². The van der Waals surface area contributed by atoms with E-state index in [9.17, 15) is 4.79 Å². The fraction of sp³-hybridized carbons (Fsp3) is 0.385. The van der Waals surface area contributed by atoms with Gasteiger partial charge in [0.25, 0.3) is 5.91 Å². The molecule has 3 rings (SSSR count). The van der Waals surface area contributed by atoms with E-state index < -0.39 is 0 Å². The van der Waals surface area contributed by atoms with Gasteiger partial charge in [-0.2, -0.15) is 0 Å². The molecule has 98 valence electrons. The molecule has 1 fully saturated rings. The van der Waals surface area contributed by atoms with Gasteiger partial charge in [0.1, 0.15) is 18.5 Å². The topological polar surface area (TPSA) is 63.9 Å². The first kappa shape index (κ1) is 11.8. The Bertz CT molecular complexity index is 543. The molecule has 0 saturated carbocycles. The van der Waals surface area contributed by atoms with E-state index in [1.807, 2.05) is 4.90 Å². The third-order valence-electron chi connectivity index (χ3n) is 3.32. The van der Waals surface area contributed by atoms with Crippen LogP contribution in [0.1, 0.15) is 29.6 Å². The summed E-state index contributed by atoms with van der Waals surface area (Å²) in [6, 6.07) is 3.61. The second kappa shape index (κ2) is 5.17. The van der Waals surface area contributed by atoms with Gasteiger partial charge >= 0.3 is 0 Å². The van der Waals surface area contributed by atoms with E-state index in [0.717, 1.165) is 25.9 Å². The molecular formula is C13H15N5O. The highest BCUT2D eigenvalue weighted by Gasteiger charge is 2.18. The molecule has 0 spiro atoms. The minimum Gasteiger partial charge on any atom is -0.339 e. The second-order valence-electron chi connectivity index (χ2n) is 4.63. The highest BCUT2D eigenvalue weighted by molar-refractivity contribution is 5.94.